The Hall–Kier alpha value is -6.29. The van der Waals surface area contributed by atoms with Crippen molar-refractivity contribution in [1.82, 2.24) is 38.9 Å². The molecule has 9 rings (SSSR count). The molecule has 54 heavy (non-hydrogen) atoms. The molecule has 0 spiro atoms. The summed E-state index contributed by atoms with van der Waals surface area (Å²) in [4.78, 5) is 59.3. The highest BCUT2D eigenvalue weighted by atomic mass is 16.5. The van der Waals surface area contributed by atoms with Gasteiger partial charge < -0.3 is 30.3 Å². The van der Waals surface area contributed by atoms with Crippen molar-refractivity contribution in [3.05, 3.63) is 104 Å². The lowest BCUT2D eigenvalue weighted by atomic mass is 10.0. The molecule has 4 aliphatic rings. The molecule has 2 aromatic carbocycles. The zero-order valence-electron chi connectivity index (χ0n) is 29.0. The summed E-state index contributed by atoms with van der Waals surface area (Å²) in [5.74, 6) is 2.87. The Morgan fingerprint density at radius 2 is 1.11 bits per heavy atom. The van der Waals surface area contributed by atoms with E-state index in [1.807, 2.05) is 36.4 Å². The number of carbonyl (C=O) groups is 4. The van der Waals surface area contributed by atoms with E-state index in [0.29, 0.717) is 44.4 Å². The van der Waals surface area contributed by atoms with Crippen LogP contribution in [0.5, 0.6) is 11.5 Å². The molecule has 16 nitrogen and oxygen atoms in total. The number of anilines is 2. The minimum Gasteiger partial charge on any atom is -0.493 e. The average molecular weight is 737 g/mol. The Balaban J connectivity index is 0.000000145. The van der Waals surface area contributed by atoms with Gasteiger partial charge in [0.05, 0.1) is 13.2 Å². The topological polar surface area (TPSA) is 180 Å². The van der Waals surface area contributed by atoms with Crippen LogP contribution in [0, 0.1) is 11.8 Å². The van der Waals surface area contributed by atoms with Gasteiger partial charge in [-0.25, -0.2) is 24.5 Å². The van der Waals surface area contributed by atoms with Crippen LogP contribution in [-0.4, -0.2) is 96.8 Å². The predicted molar refractivity (Wildman–Crippen MR) is 200 cm³/mol. The largest absolute Gasteiger partial charge is 0.493 e. The molecule has 0 atom stereocenters. The molecule has 3 N–H and O–H groups in total. The summed E-state index contributed by atoms with van der Waals surface area (Å²) < 4.78 is 15.8. The molecular formula is C38H44N10O6. The fourth-order valence-corrected chi connectivity index (χ4v) is 6.04. The number of nitrogens with zero attached hydrogens (tertiary/aromatic N) is 7. The van der Waals surface area contributed by atoms with Crippen LogP contribution in [0.4, 0.5) is 21.0 Å². The fourth-order valence-electron chi connectivity index (χ4n) is 6.04. The van der Waals surface area contributed by atoms with Crippen molar-refractivity contribution in [2.75, 3.05) is 50.0 Å². The molecule has 2 fully saturated rings. The Labute approximate surface area is 312 Å². The minimum absolute atomic E-state index is 0. The van der Waals surface area contributed by atoms with Crippen LogP contribution in [0.15, 0.2) is 92.6 Å². The summed E-state index contributed by atoms with van der Waals surface area (Å²) in [7, 11) is 0. The summed E-state index contributed by atoms with van der Waals surface area (Å²) >= 11 is 0. The molecule has 282 valence electrons. The maximum Gasteiger partial charge on any atom is 0.338 e. The number of nitrogens with one attached hydrogen (secondary N) is 3. The number of aryl methyl sites for hydroxylation is 2. The first-order valence-corrected chi connectivity index (χ1v) is 17.5. The molecule has 2 saturated heterocycles. The minimum atomic E-state index is -0.190. The van der Waals surface area contributed by atoms with E-state index in [1.165, 1.54) is 38.2 Å². The van der Waals surface area contributed by atoms with E-state index in [9.17, 15) is 19.2 Å². The number of rotatable bonds is 6. The lowest BCUT2D eigenvalue weighted by Crippen LogP contribution is -2.53. The predicted octanol–water partition coefficient (Wildman–Crippen LogP) is 4.15. The Morgan fingerprint density at radius 1 is 0.648 bits per heavy atom. The summed E-state index contributed by atoms with van der Waals surface area (Å²) in [5, 5.41) is 8.95. The van der Waals surface area contributed by atoms with E-state index in [1.54, 1.807) is 42.1 Å². The number of hydrogen-bond acceptors (Lipinski definition) is 10. The van der Waals surface area contributed by atoms with Crippen LogP contribution in [0.2, 0.25) is 0 Å². The number of fused-ring (bicyclic) bond motifs is 2. The van der Waals surface area contributed by atoms with E-state index in [-0.39, 0.29) is 31.3 Å². The summed E-state index contributed by atoms with van der Waals surface area (Å²) in [6.07, 6.45) is 16.6. The van der Waals surface area contributed by atoms with Crippen molar-refractivity contribution in [3.63, 3.8) is 0 Å². The quantitative estimate of drug-likeness (QED) is 0.229. The standard InChI is InChI=1S/C17H18N4O3.C13H16N2O2.C7H6N4O.CH4/c22-16-4-1-13-7-14(2-3-15(13)19-16)24-10-12-8-21(9-12)17(23)20-6-5-18-11-20;16-13-4-1-10-5-11(2-3-12(10)15-13)17-8-9-6-14-7-9;12-7(10-3-1-8-5-10)11-4-2-9-6-11;/h2-3,5-7,11-12H,1,4,8-10H2,(H,19,22);2-3,5,9,14H,1,4,6-8H2,(H,15,16);1-6H;1H4. The number of ether oxygens (including phenoxy) is 2. The third-order valence-electron chi connectivity index (χ3n) is 9.19. The lowest BCUT2D eigenvalue weighted by molar-refractivity contribution is -0.117. The molecule has 0 saturated carbocycles. The lowest BCUT2D eigenvalue weighted by Gasteiger charge is -2.38. The number of hydrogen-bond donors (Lipinski definition) is 3. The first kappa shape index (κ1) is 37.5. The highest BCUT2D eigenvalue weighted by Gasteiger charge is 2.32. The Kier molecular flexibility index (Phi) is 12.1. The van der Waals surface area contributed by atoms with Gasteiger partial charge in [0.25, 0.3) is 0 Å². The average Bonchev–Trinajstić information content (AvgIpc) is 3.96. The third-order valence-corrected chi connectivity index (χ3v) is 9.19. The second-order valence-electron chi connectivity index (χ2n) is 13.1. The number of likely N-dealkylation sites (tertiary alicyclic amines) is 1. The maximum absolute atomic E-state index is 12.1. The third kappa shape index (κ3) is 9.38. The fraction of sp³-hybridized carbons (Fsp3) is 0.342. The zero-order valence-corrected chi connectivity index (χ0v) is 29.0. The van der Waals surface area contributed by atoms with Gasteiger partial charge >= 0.3 is 12.1 Å². The first-order chi connectivity index (χ1) is 25.9. The van der Waals surface area contributed by atoms with Crippen molar-refractivity contribution in [2.45, 2.75) is 33.1 Å². The number of carbonyl (C=O) groups excluding carboxylic acids is 4. The highest BCUT2D eigenvalue weighted by molar-refractivity contribution is 5.94. The molecule has 7 heterocycles. The van der Waals surface area contributed by atoms with E-state index < -0.39 is 0 Å². The molecule has 5 aromatic rings. The normalized spacial score (nSPS) is 15.8. The van der Waals surface area contributed by atoms with Gasteiger partial charge in [-0.15, -0.1) is 0 Å². The molecule has 3 amide bonds. The van der Waals surface area contributed by atoms with E-state index in [2.05, 4.69) is 30.9 Å². The molecule has 16 heteroatoms. The maximum atomic E-state index is 12.1. The molecule has 0 radical (unpaired) electrons. The molecule has 0 bridgehead atoms. The smallest absolute Gasteiger partial charge is 0.338 e. The van der Waals surface area contributed by atoms with Gasteiger partial charge in [0.2, 0.25) is 11.8 Å². The second kappa shape index (κ2) is 17.5. The number of aromatic nitrogens is 6. The van der Waals surface area contributed by atoms with Gasteiger partial charge in [0.1, 0.15) is 30.5 Å². The van der Waals surface area contributed by atoms with Crippen LogP contribution in [0.3, 0.4) is 0 Å². The molecule has 4 aliphatic heterocycles. The molecule has 0 aliphatic carbocycles. The zero-order chi connectivity index (χ0) is 36.6. The number of imidazole rings is 3. The van der Waals surface area contributed by atoms with Crippen LogP contribution in [0.1, 0.15) is 31.4 Å². The molecular weight excluding hydrogens is 692 g/mol. The van der Waals surface area contributed by atoms with E-state index in [4.69, 9.17) is 9.47 Å². The van der Waals surface area contributed by atoms with Gasteiger partial charge in [0, 0.05) is 99.4 Å². The van der Waals surface area contributed by atoms with Gasteiger partial charge in [-0.2, -0.15) is 0 Å². The van der Waals surface area contributed by atoms with Gasteiger partial charge in [-0.1, -0.05) is 7.43 Å². The van der Waals surface area contributed by atoms with Gasteiger partial charge in [-0.05, 0) is 60.4 Å². The van der Waals surface area contributed by atoms with E-state index in [0.717, 1.165) is 61.0 Å². The van der Waals surface area contributed by atoms with Gasteiger partial charge in [0.15, 0.2) is 0 Å². The van der Waals surface area contributed by atoms with Crippen LogP contribution in [-0.2, 0) is 22.4 Å². The van der Waals surface area contributed by atoms with Crippen LogP contribution < -0.4 is 25.4 Å². The van der Waals surface area contributed by atoms with Crippen LogP contribution in [0.25, 0.3) is 0 Å². The summed E-state index contributed by atoms with van der Waals surface area (Å²) in [5.41, 5.74) is 4.09. The summed E-state index contributed by atoms with van der Waals surface area (Å²) in [6.45, 7) is 4.86. The number of benzene rings is 2. The van der Waals surface area contributed by atoms with Crippen LogP contribution >= 0.6 is 0 Å². The number of amides is 3. The highest BCUT2D eigenvalue weighted by Crippen LogP contribution is 2.29. The van der Waals surface area contributed by atoms with E-state index >= 15 is 0 Å². The molecule has 0 unspecified atom stereocenters. The summed E-state index contributed by atoms with van der Waals surface area (Å²) in [6, 6.07) is 11.4. The second-order valence-corrected chi connectivity index (χ2v) is 13.1. The van der Waals surface area contributed by atoms with Crippen molar-refractivity contribution in [3.8, 4) is 11.5 Å². The van der Waals surface area contributed by atoms with Crippen molar-refractivity contribution >= 4 is 35.3 Å². The SMILES string of the molecule is C.O=C(n1ccnc1)n1ccnc1.O=C1CCc2cc(OCC3CN(C(=O)n4ccnc4)C3)ccc2N1.O=C1CCc2cc(OCC3CNC3)ccc2N1. The first-order valence-electron chi connectivity index (χ1n) is 17.5. The van der Waals surface area contributed by atoms with Crippen molar-refractivity contribution in [2.24, 2.45) is 11.8 Å². The molecule has 3 aromatic heterocycles. The van der Waals surface area contributed by atoms with Crippen molar-refractivity contribution in [1.29, 1.82) is 0 Å². The monoisotopic (exact) mass is 736 g/mol. The van der Waals surface area contributed by atoms with Gasteiger partial charge in [-0.3, -0.25) is 23.3 Å². The van der Waals surface area contributed by atoms with Crippen molar-refractivity contribution < 1.29 is 28.7 Å². The Bertz CT molecular complexity index is 1980. The Morgan fingerprint density at radius 3 is 1.54 bits per heavy atom.